The molecule has 136 valence electrons. The number of para-hydroxylation sites is 1. The molecule has 0 radical (unpaired) electrons. The molecule has 0 N–H and O–H groups in total. The molecule has 0 aliphatic carbocycles. The first-order valence-corrected chi connectivity index (χ1v) is 9.47. The topological polar surface area (TPSA) is 43.4 Å². The summed E-state index contributed by atoms with van der Waals surface area (Å²) in [5, 5.41) is 0. The summed E-state index contributed by atoms with van der Waals surface area (Å²) in [7, 11) is 0. The lowest BCUT2D eigenvalue weighted by Crippen LogP contribution is -2.12. The number of carbonyl (C=O) groups excluding carboxylic acids is 2. The molecule has 0 fully saturated rings. The molecule has 4 heteroatoms. The van der Waals surface area contributed by atoms with E-state index in [4.69, 9.17) is 4.74 Å². The van der Waals surface area contributed by atoms with Gasteiger partial charge in [0.2, 0.25) is 0 Å². The van der Waals surface area contributed by atoms with Crippen LogP contribution < -0.4 is 4.74 Å². The number of rotatable bonds is 8. The Morgan fingerprint density at radius 1 is 0.667 bits per heavy atom. The minimum absolute atomic E-state index is 0.0433. The van der Waals surface area contributed by atoms with E-state index in [0.717, 1.165) is 21.3 Å². The van der Waals surface area contributed by atoms with Crippen molar-refractivity contribution < 1.29 is 14.3 Å². The van der Waals surface area contributed by atoms with Gasteiger partial charge in [0.25, 0.3) is 0 Å². The Balaban J connectivity index is 1.50. The summed E-state index contributed by atoms with van der Waals surface area (Å²) in [6.07, 6.45) is 0.485. The fourth-order valence-corrected chi connectivity index (χ4v) is 2.97. The monoisotopic (exact) mass is 422 g/mol. The highest BCUT2D eigenvalue weighted by Gasteiger charge is 2.11. The average Bonchev–Trinajstić information content (AvgIpc) is 2.66. The average molecular weight is 423 g/mol. The van der Waals surface area contributed by atoms with Gasteiger partial charge in [-0.2, -0.15) is 0 Å². The normalized spacial score (nSPS) is 10.4. The van der Waals surface area contributed by atoms with Crippen molar-refractivity contribution in [3.05, 3.63) is 94.5 Å². The Hall–Kier alpha value is -2.72. The van der Waals surface area contributed by atoms with E-state index in [9.17, 15) is 9.59 Å². The van der Waals surface area contributed by atoms with E-state index in [1.165, 1.54) is 0 Å². The van der Waals surface area contributed by atoms with Gasteiger partial charge in [-0.05, 0) is 47.5 Å². The molecule has 27 heavy (non-hydrogen) atoms. The Kier molecular flexibility index (Phi) is 6.55. The molecule has 0 amide bonds. The molecule has 3 rings (SSSR count). The van der Waals surface area contributed by atoms with E-state index in [0.29, 0.717) is 5.75 Å². The van der Waals surface area contributed by atoms with Crippen LogP contribution in [-0.4, -0.2) is 11.6 Å². The number of benzene rings is 3. The van der Waals surface area contributed by atoms with Crippen molar-refractivity contribution in [2.45, 2.75) is 19.3 Å². The van der Waals surface area contributed by atoms with Gasteiger partial charge >= 0.3 is 0 Å². The quantitative estimate of drug-likeness (QED) is 0.446. The SMILES string of the molecule is O=C(CC(=O)Cc1ccc(Oc2ccccc2)cc1)Cc1ccc(Br)cc1. The van der Waals surface area contributed by atoms with Gasteiger partial charge in [0.1, 0.15) is 23.1 Å². The molecular formula is C23H19BrO3. The van der Waals surface area contributed by atoms with Crippen LogP contribution in [0.15, 0.2) is 83.3 Å². The molecule has 0 heterocycles. The zero-order valence-corrected chi connectivity index (χ0v) is 16.3. The molecule has 0 aliphatic heterocycles. The number of carbonyl (C=O) groups is 2. The second-order valence-corrected chi connectivity index (χ2v) is 7.21. The van der Waals surface area contributed by atoms with Gasteiger partial charge in [0.05, 0.1) is 6.42 Å². The Morgan fingerprint density at radius 2 is 1.15 bits per heavy atom. The molecule has 0 bridgehead atoms. The molecule has 3 nitrogen and oxygen atoms in total. The van der Waals surface area contributed by atoms with Crippen LogP contribution in [0.5, 0.6) is 11.5 Å². The standard InChI is InChI=1S/C23H19BrO3/c24-19-10-6-17(7-11-19)14-20(25)16-21(26)15-18-8-12-23(13-9-18)27-22-4-2-1-3-5-22/h1-13H,14-16H2. The second kappa shape index (κ2) is 9.28. The highest BCUT2D eigenvalue weighted by molar-refractivity contribution is 9.10. The summed E-state index contributed by atoms with van der Waals surface area (Å²) in [6, 6.07) is 24.5. The van der Waals surface area contributed by atoms with Crippen molar-refractivity contribution in [3.8, 4) is 11.5 Å². The first-order chi connectivity index (χ1) is 13.1. The maximum absolute atomic E-state index is 12.2. The molecular weight excluding hydrogens is 404 g/mol. The van der Waals surface area contributed by atoms with Crippen LogP contribution in [0.25, 0.3) is 0 Å². The van der Waals surface area contributed by atoms with E-state index < -0.39 is 0 Å². The van der Waals surface area contributed by atoms with E-state index in [2.05, 4.69) is 15.9 Å². The highest BCUT2D eigenvalue weighted by Crippen LogP contribution is 2.21. The van der Waals surface area contributed by atoms with Crippen molar-refractivity contribution in [1.29, 1.82) is 0 Å². The lowest BCUT2D eigenvalue weighted by Gasteiger charge is -2.07. The molecule has 0 unspecified atom stereocenters. The lowest BCUT2D eigenvalue weighted by atomic mass is 10.0. The third kappa shape index (κ3) is 6.19. The zero-order valence-electron chi connectivity index (χ0n) is 14.7. The molecule has 0 saturated heterocycles. The van der Waals surface area contributed by atoms with Gasteiger partial charge in [0.15, 0.2) is 0 Å². The molecule has 0 atom stereocenters. The van der Waals surface area contributed by atoms with Gasteiger partial charge in [-0.15, -0.1) is 0 Å². The van der Waals surface area contributed by atoms with Crippen molar-refractivity contribution in [1.82, 2.24) is 0 Å². The maximum atomic E-state index is 12.2. The fraction of sp³-hybridized carbons (Fsp3) is 0.130. The lowest BCUT2D eigenvalue weighted by molar-refractivity contribution is -0.126. The van der Waals surface area contributed by atoms with E-state index in [1.54, 1.807) is 0 Å². The summed E-state index contributed by atoms with van der Waals surface area (Å²) in [5.41, 5.74) is 1.79. The van der Waals surface area contributed by atoms with Crippen molar-refractivity contribution in [3.63, 3.8) is 0 Å². The van der Waals surface area contributed by atoms with Crippen LogP contribution in [0.1, 0.15) is 17.5 Å². The number of Topliss-reactive ketones (excluding diaryl/α,β-unsaturated/α-hetero) is 2. The summed E-state index contributed by atoms with van der Waals surface area (Å²) < 4.78 is 6.70. The van der Waals surface area contributed by atoms with Crippen molar-refractivity contribution >= 4 is 27.5 Å². The number of hydrogen-bond acceptors (Lipinski definition) is 3. The van der Waals surface area contributed by atoms with E-state index in [1.807, 2.05) is 78.9 Å². The van der Waals surface area contributed by atoms with Crippen LogP contribution in [0.4, 0.5) is 0 Å². The summed E-state index contributed by atoms with van der Waals surface area (Å²) in [4.78, 5) is 24.3. The maximum Gasteiger partial charge on any atom is 0.144 e. The van der Waals surface area contributed by atoms with Gasteiger partial charge in [-0.3, -0.25) is 9.59 Å². The van der Waals surface area contributed by atoms with Gasteiger partial charge in [-0.1, -0.05) is 58.4 Å². The minimum atomic E-state index is -0.0751. The predicted octanol–water partition coefficient (Wildman–Crippen LogP) is 5.55. The van der Waals surface area contributed by atoms with Gasteiger partial charge in [0, 0.05) is 17.3 Å². The summed E-state index contributed by atoms with van der Waals surface area (Å²) >= 11 is 3.36. The second-order valence-electron chi connectivity index (χ2n) is 6.29. The molecule has 0 spiro atoms. The first-order valence-electron chi connectivity index (χ1n) is 8.68. The first kappa shape index (κ1) is 19.1. The number of ketones is 2. The van der Waals surface area contributed by atoms with Crippen LogP contribution >= 0.6 is 15.9 Å². The van der Waals surface area contributed by atoms with E-state index >= 15 is 0 Å². The van der Waals surface area contributed by atoms with Gasteiger partial charge in [-0.25, -0.2) is 0 Å². The van der Waals surface area contributed by atoms with E-state index in [-0.39, 0.29) is 30.8 Å². The third-order valence-electron chi connectivity index (χ3n) is 4.01. The summed E-state index contributed by atoms with van der Waals surface area (Å²) in [6.45, 7) is 0. The largest absolute Gasteiger partial charge is 0.457 e. The molecule has 0 aliphatic rings. The Labute approximate surface area is 167 Å². The fourth-order valence-electron chi connectivity index (χ4n) is 2.70. The zero-order chi connectivity index (χ0) is 19.1. The predicted molar refractivity (Wildman–Crippen MR) is 109 cm³/mol. The molecule has 0 saturated carbocycles. The summed E-state index contributed by atoms with van der Waals surface area (Å²) in [5.74, 6) is 1.34. The molecule has 3 aromatic carbocycles. The number of hydrogen-bond donors (Lipinski definition) is 0. The Morgan fingerprint density at radius 3 is 1.70 bits per heavy atom. The Bertz CT molecular complexity index is 901. The van der Waals surface area contributed by atoms with Crippen LogP contribution in [0.3, 0.4) is 0 Å². The molecule has 0 aromatic heterocycles. The smallest absolute Gasteiger partial charge is 0.144 e. The number of ether oxygens (including phenoxy) is 1. The van der Waals surface area contributed by atoms with Crippen molar-refractivity contribution in [2.24, 2.45) is 0 Å². The minimum Gasteiger partial charge on any atom is -0.457 e. The van der Waals surface area contributed by atoms with Gasteiger partial charge < -0.3 is 4.74 Å². The highest BCUT2D eigenvalue weighted by atomic mass is 79.9. The number of halogens is 1. The third-order valence-corrected chi connectivity index (χ3v) is 4.54. The van der Waals surface area contributed by atoms with Crippen LogP contribution in [-0.2, 0) is 22.4 Å². The van der Waals surface area contributed by atoms with Crippen molar-refractivity contribution in [2.75, 3.05) is 0 Å². The molecule has 3 aromatic rings. The van der Waals surface area contributed by atoms with Crippen LogP contribution in [0.2, 0.25) is 0 Å². The van der Waals surface area contributed by atoms with Crippen LogP contribution in [0, 0.1) is 0 Å².